The van der Waals surface area contributed by atoms with E-state index in [1.54, 1.807) is 4.68 Å². The molecule has 2 atom stereocenters. The fourth-order valence-electron chi connectivity index (χ4n) is 4.17. The Morgan fingerprint density at radius 3 is 2.65 bits per heavy atom. The molecule has 2 aromatic rings. The van der Waals surface area contributed by atoms with Crippen LogP contribution in [0.1, 0.15) is 38.5 Å². The highest BCUT2D eigenvalue weighted by Gasteiger charge is 2.33. The largest absolute Gasteiger partial charge is 0.281 e. The van der Waals surface area contributed by atoms with Crippen LogP contribution in [0.15, 0.2) is 30.3 Å². The average Bonchev–Trinajstić information content (AvgIpc) is 2.97. The van der Waals surface area contributed by atoms with E-state index in [9.17, 15) is 0 Å². The highest BCUT2D eigenvalue weighted by Crippen LogP contribution is 2.35. The summed E-state index contributed by atoms with van der Waals surface area (Å²) < 4.78 is 4.30. The van der Waals surface area contributed by atoms with Crippen molar-refractivity contribution in [2.45, 2.75) is 51.2 Å². The van der Waals surface area contributed by atoms with Gasteiger partial charge in [-0.3, -0.25) is 4.90 Å². The molecule has 1 aromatic heterocycles. The summed E-state index contributed by atoms with van der Waals surface area (Å²) in [4.78, 5) is 2.58. The fraction of sp³-hybridized carbons (Fsp3) is 0.588. The van der Waals surface area contributed by atoms with Gasteiger partial charge < -0.3 is 0 Å². The van der Waals surface area contributed by atoms with E-state index in [0.29, 0.717) is 10.8 Å². The van der Waals surface area contributed by atoms with Crippen molar-refractivity contribution in [3.8, 4) is 5.69 Å². The molecular formula is C17H23N5S. The first-order chi connectivity index (χ1) is 11.3. The lowest BCUT2D eigenvalue weighted by Gasteiger charge is -2.43. The standard InChI is InChI=1S/C17H23N5S/c23-17-21(18-19-22(17)15-9-2-1-3-10-15)13-20-12-6-8-14-7-4-5-11-16(14)20/h1-3,9-10,14,16H,4-8,11-13H2/t14-,16+/m1/s1. The maximum absolute atomic E-state index is 5.60. The van der Waals surface area contributed by atoms with Crippen molar-refractivity contribution in [3.05, 3.63) is 35.1 Å². The summed E-state index contributed by atoms with van der Waals surface area (Å²) in [5, 5.41) is 8.56. The van der Waals surface area contributed by atoms with Crippen LogP contribution in [0.5, 0.6) is 0 Å². The first kappa shape index (κ1) is 15.0. The van der Waals surface area contributed by atoms with Gasteiger partial charge in [0.15, 0.2) is 0 Å². The van der Waals surface area contributed by atoms with Gasteiger partial charge in [-0.1, -0.05) is 31.0 Å². The quantitative estimate of drug-likeness (QED) is 0.809. The number of aromatic nitrogens is 4. The topological polar surface area (TPSA) is 38.9 Å². The lowest BCUT2D eigenvalue weighted by molar-refractivity contribution is 0.0319. The Morgan fingerprint density at radius 1 is 1.00 bits per heavy atom. The fourth-order valence-corrected chi connectivity index (χ4v) is 4.41. The normalized spacial score (nSPS) is 25.2. The number of likely N-dealkylation sites (tertiary alicyclic amines) is 1. The molecule has 0 unspecified atom stereocenters. The van der Waals surface area contributed by atoms with Crippen molar-refractivity contribution >= 4 is 12.2 Å². The van der Waals surface area contributed by atoms with E-state index in [2.05, 4.69) is 15.3 Å². The number of piperidine rings is 1. The summed E-state index contributed by atoms with van der Waals surface area (Å²) >= 11 is 5.60. The van der Waals surface area contributed by atoms with Gasteiger partial charge in [-0.05, 0) is 66.4 Å². The zero-order valence-electron chi connectivity index (χ0n) is 13.3. The molecule has 2 heterocycles. The van der Waals surface area contributed by atoms with E-state index in [1.807, 2.05) is 35.0 Å². The van der Waals surface area contributed by atoms with Crippen LogP contribution < -0.4 is 0 Å². The average molecular weight is 329 g/mol. The molecule has 0 radical (unpaired) electrons. The molecule has 1 saturated carbocycles. The van der Waals surface area contributed by atoms with Crippen LogP contribution in [-0.2, 0) is 6.67 Å². The molecule has 0 bridgehead atoms. The molecule has 2 aliphatic rings. The van der Waals surface area contributed by atoms with Crippen molar-refractivity contribution in [1.82, 2.24) is 24.7 Å². The molecule has 6 heteroatoms. The van der Waals surface area contributed by atoms with E-state index < -0.39 is 0 Å². The minimum absolute atomic E-state index is 0.675. The number of benzene rings is 1. The van der Waals surface area contributed by atoms with Crippen LogP contribution >= 0.6 is 12.2 Å². The lowest BCUT2D eigenvalue weighted by Crippen LogP contribution is -2.47. The van der Waals surface area contributed by atoms with Crippen LogP contribution in [0.25, 0.3) is 5.69 Å². The Morgan fingerprint density at radius 2 is 1.78 bits per heavy atom. The maximum atomic E-state index is 5.60. The van der Waals surface area contributed by atoms with Gasteiger partial charge in [-0.25, -0.2) is 4.68 Å². The van der Waals surface area contributed by atoms with Gasteiger partial charge in [-0.2, -0.15) is 4.68 Å². The first-order valence-corrected chi connectivity index (χ1v) is 9.06. The highest BCUT2D eigenvalue weighted by molar-refractivity contribution is 7.71. The molecule has 2 fully saturated rings. The van der Waals surface area contributed by atoms with Crippen LogP contribution in [0.3, 0.4) is 0 Å². The van der Waals surface area contributed by atoms with Crippen molar-refractivity contribution in [3.63, 3.8) is 0 Å². The lowest BCUT2D eigenvalue weighted by atomic mass is 9.78. The molecule has 5 nitrogen and oxygen atoms in total. The molecule has 1 aliphatic carbocycles. The molecule has 0 amide bonds. The summed E-state index contributed by atoms with van der Waals surface area (Å²) in [5.41, 5.74) is 0.970. The maximum Gasteiger partial charge on any atom is 0.221 e. The predicted molar refractivity (Wildman–Crippen MR) is 91.9 cm³/mol. The van der Waals surface area contributed by atoms with Crippen molar-refractivity contribution < 1.29 is 0 Å². The Hall–Kier alpha value is -1.53. The third-order valence-corrected chi connectivity index (χ3v) is 5.70. The van der Waals surface area contributed by atoms with Gasteiger partial charge >= 0.3 is 0 Å². The zero-order valence-corrected chi connectivity index (χ0v) is 14.2. The second-order valence-corrected chi connectivity index (χ2v) is 7.08. The Bertz CT molecular complexity index is 705. The summed E-state index contributed by atoms with van der Waals surface area (Å²) in [7, 11) is 0. The molecule has 1 aliphatic heterocycles. The van der Waals surface area contributed by atoms with Crippen LogP contribution in [-0.4, -0.2) is 37.3 Å². The van der Waals surface area contributed by atoms with Crippen molar-refractivity contribution in [2.75, 3.05) is 6.54 Å². The second-order valence-electron chi connectivity index (χ2n) is 6.72. The van der Waals surface area contributed by atoms with Crippen LogP contribution in [0.4, 0.5) is 0 Å². The number of hydrogen-bond donors (Lipinski definition) is 0. The van der Waals surface area contributed by atoms with Gasteiger partial charge in [0, 0.05) is 12.6 Å². The Labute approximate surface area is 141 Å². The molecule has 23 heavy (non-hydrogen) atoms. The van der Waals surface area contributed by atoms with Gasteiger partial charge in [0.25, 0.3) is 0 Å². The SMILES string of the molecule is S=c1n(CN2CCC[C@H]3CCCC[C@@H]32)nnn1-c1ccccc1. The van der Waals surface area contributed by atoms with E-state index in [-0.39, 0.29) is 0 Å². The highest BCUT2D eigenvalue weighted by atomic mass is 32.1. The van der Waals surface area contributed by atoms with Gasteiger partial charge in [0.2, 0.25) is 4.77 Å². The number of tetrazole rings is 1. The third-order valence-electron chi connectivity index (χ3n) is 5.31. The Balaban J connectivity index is 1.55. The van der Waals surface area contributed by atoms with Gasteiger partial charge in [-0.15, -0.1) is 0 Å². The van der Waals surface area contributed by atoms with E-state index >= 15 is 0 Å². The zero-order chi connectivity index (χ0) is 15.6. The number of nitrogens with zero attached hydrogens (tertiary/aromatic N) is 5. The Kier molecular flexibility index (Phi) is 4.27. The third kappa shape index (κ3) is 2.97. The summed E-state index contributed by atoms with van der Waals surface area (Å²) in [6.45, 7) is 1.92. The predicted octanol–water partition coefficient (Wildman–Crippen LogP) is 3.41. The monoisotopic (exact) mass is 329 g/mol. The van der Waals surface area contributed by atoms with Crippen LogP contribution in [0.2, 0.25) is 0 Å². The first-order valence-electron chi connectivity index (χ1n) is 8.65. The van der Waals surface area contributed by atoms with E-state index in [0.717, 1.165) is 24.8 Å². The van der Waals surface area contributed by atoms with Crippen molar-refractivity contribution in [1.29, 1.82) is 0 Å². The molecule has 0 N–H and O–H groups in total. The molecular weight excluding hydrogens is 306 g/mol. The molecule has 1 aromatic carbocycles. The summed E-state index contributed by atoms with van der Waals surface area (Å²) in [5.74, 6) is 0.871. The van der Waals surface area contributed by atoms with Gasteiger partial charge in [0.05, 0.1) is 12.4 Å². The summed E-state index contributed by atoms with van der Waals surface area (Å²) in [6.07, 6.45) is 8.16. The number of fused-ring (bicyclic) bond motifs is 1. The molecule has 0 spiro atoms. The smallest absolute Gasteiger partial charge is 0.221 e. The molecule has 4 rings (SSSR count). The van der Waals surface area contributed by atoms with Crippen LogP contribution in [0, 0.1) is 10.7 Å². The van der Waals surface area contributed by atoms with Crippen molar-refractivity contribution in [2.24, 2.45) is 5.92 Å². The van der Waals surface area contributed by atoms with Gasteiger partial charge in [0.1, 0.15) is 0 Å². The number of para-hydroxylation sites is 1. The number of rotatable bonds is 3. The van der Waals surface area contributed by atoms with E-state index in [4.69, 9.17) is 12.2 Å². The minimum Gasteiger partial charge on any atom is -0.281 e. The molecule has 1 saturated heterocycles. The second kappa shape index (κ2) is 6.53. The minimum atomic E-state index is 0.675. The summed E-state index contributed by atoms with van der Waals surface area (Å²) in [6, 6.07) is 10.7. The molecule has 122 valence electrons. The number of hydrogen-bond acceptors (Lipinski definition) is 4. The van der Waals surface area contributed by atoms with E-state index in [1.165, 1.54) is 38.5 Å².